The molecule has 0 aliphatic rings. The quantitative estimate of drug-likeness (QED) is 0.767. The van der Waals surface area contributed by atoms with Gasteiger partial charge in [0.15, 0.2) is 5.78 Å². The van der Waals surface area contributed by atoms with Gasteiger partial charge < -0.3 is 15.2 Å². The second-order valence-electron chi connectivity index (χ2n) is 5.53. The van der Waals surface area contributed by atoms with Crippen LogP contribution < -0.4 is 5.32 Å². The minimum Gasteiger partial charge on any atom is -0.445 e. The number of alkyl carbamates (subject to hydrolysis) is 1. The van der Waals surface area contributed by atoms with E-state index in [2.05, 4.69) is 5.32 Å². The molecular weight excluding hydrogens is 306 g/mol. The van der Waals surface area contributed by atoms with E-state index in [4.69, 9.17) is 4.74 Å². The summed E-state index contributed by atoms with van der Waals surface area (Å²) in [5.41, 5.74) is 1.41. The van der Waals surface area contributed by atoms with Crippen LogP contribution in [0.1, 0.15) is 22.8 Å². The van der Waals surface area contributed by atoms with Crippen LogP contribution in [-0.2, 0) is 11.3 Å². The molecule has 0 heterocycles. The first kappa shape index (κ1) is 17.7. The van der Waals surface area contributed by atoms with Crippen LogP contribution in [-0.4, -0.2) is 29.6 Å². The third-order valence-electron chi connectivity index (χ3n) is 3.72. The lowest BCUT2D eigenvalue weighted by Gasteiger charge is -2.18. The summed E-state index contributed by atoms with van der Waals surface area (Å²) in [5, 5.41) is 12.6. The Bertz CT molecular complexity index is 658. The molecule has 2 aromatic rings. The number of carbonyl (C=O) groups excluding carboxylic acids is 2. The van der Waals surface area contributed by atoms with E-state index in [0.717, 1.165) is 5.56 Å². The molecule has 0 aromatic heterocycles. The molecule has 126 valence electrons. The molecule has 0 bridgehead atoms. The maximum Gasteiger partial charge on any atom is 0.407 e. The topological polar surface area (TPSA) is 75.6 Å². The Morgan fingerprint density at radius 1 is 1.04 bits per heavy atom. The van der Waals surface area contributed by atoms with Crippen molar-refractivity contribution >= 4 is 11.9 Å². The van der Waals surface area contributed by atoms with Gasteiger partial charge in [-0.3, -0.25) is 4.79 Å². The maximum absolute atomic E-state index is 12.2. The van der Waals surface area contributed by atoms with Crippen molar-refractivity contribution in [1.82, 2.24) is 5.32 Å². The Labute approximate surface area is 141 Å². The van der Waals surface area contributed by atoms with E-state index in [1.54, 1.807) is 31.2 Å². The van der Waals surface area contributed by atoms with E-state index < -0.39 is 18.1 Å². The summed E-state index contributed by atoms with van der Waals surface area (Å²) < 4.78 is 5.06. The van der Waals surface area contributed by atoms with E-state index in [9.17, 15) is 14.7 Å². The molecule has 1 amide bonds. The highest BCUT2D eigenvalue weighted by atomic mass is 16.5. The van der Waals surface area contributed by atoms with E-state index in [-0.39, 0.29) is 18.9 Å². The van der Waals surface area contributed by atoms with Crippen LogP contribution >= 0.6 is 0 Å². The zero-order valence-corrected chi connectivity index (χ0v) is 13.5. The molecule has 0 unspecified atom stereocenters. The van der Waals surface area contributed by atoms with Crippen LogP contribution in [0, 0.1) is 5.92 Å². The van der Waals surface area contributed by atoms with Crippen molar-refractivity contribution < 1.29 is 19.4 Å². The zero-order valence-electron chi connectivity index (χ0n) is 13.5. The minimum absolute atomic E-state index is 0.0483. The van der Waals surface area contributed by atoms with E-state index in [1.807, 2.05) is 36.4 Å². The molecule has 2 N–H and O–H groups in total. The summed E-state index contributed by atoms with van der Waals surface area (Å²) in [6, 6.07) is 18.1. The number of amides is 1. The second-order valence-corrected chi connectivity index (χ2v) is 5.53. The van der Waals surface area contributed by atoms with Gasteiger partial charge in [0.1, 0.15) is 6.61 Å². The molecule has 5 nitrogen and oxygen atoms in total. The molecule has 0 aliphatic carbocycles. The molecule has 2 atom stereocenters. The van der Waals surface area contributed by atoms with Gasteiger partial charge in [-0.15, -0.1) is 0 Å². The number of hydrogen-bond acceptors (Lipinski definition) is 4. The standard InChI is InChI=1S/C19H21NO4/c1-14(18(22)16-10-6-3-7-11-16)17(21)12-20-19(23)24-13-15-8-4-2-5-9-15/h2-11,14,17,21H,12-13H2,1H3,(H,20,23)/t14-,17+/m0/s1. The summed E-state index contributed by atoms with van der Waals surface area (Å²) >= 11 is 0. The number of ether oxygens (including phenoxy) is 1. The highest BCUT2D eigenvalue weighted by molar-refractivity contribution is 5.97. The Hall–Kier alpha value is -2.66. The minimum atomic E-state index is -0.984. The van der Waals surface area contributed by atoms with Crippen molar-refractivity contribution in [3.63, 3.8) is 0 Å². The highest BCUT2D eigenvalue weighted by Gasteiger charge is 2.23. The van der Waals surface area contributed by atoms with Crippen LogP contribution in [0.2, 0.25) is 0 Å². The molecule has 24 heavy (non-hydrogen) atoms. The first-order valence-electron chi connectivity index (χ1n) is 7.80. The summed E-state index contributed by atoms with van der Waals surface area (Å²) in [7, 11) is 0. The molecule has 0 saturated carbocycles. The first-order valence-corrected chi connectivity index (χ1v) is 7.80. The first-order chi connectivity index (χ1) is 11.6. The van der Waals surface area contributed by atoms with Crippen LogP contribution in [0.3, 0.4) is 0 Å². The Morgan fingerprint density at radius 2 is 1.62 bits per heavy atom. The largest absolute Gasteiger partial charge is 0.445 e. The molecule has 2 rings (SSSR count). The number of aliphatic hydroxyl groups is 1. The Balaban J connectivity index is 1.76. The molecular formula is C19H21NO4. The molecule has 2 aromatic carbocycles. The summed E-state index contributed by atoms with van der Waals surface area (Å²) in [6.07, 6.45) is -1.61. The van der Waals surface area contributed by atoms with Gasteiger partial charge in [0, 0.05) is 18.0 Å². The van der Waals surface area contributed by atoms with Gasteiger partial charge in [0.05, 0.1) is 6.10 Å². The van der Waals surface area contributed by atoms with Crippen molar-refractivity contribution in [1.29, 1.82) is 0 Å². The molecule has 0 spiro atoms. The Kier molecular flexibility index (Phi) is 6.51. The monoisotopic (exact) mass is 327 g/mol. The highest BCUT2D eigenvalue weighted by Crippen LogP contribution is 2.12. The Morgan fingerprint density at radius 3 is 2.25 bits per heavy atom. The van der Waals surface area contributed by atoms with Crippen LogP contribution in [0.4, 0.5) is 4.79 Å². The number of benzene rings is 2. The number of aliphatic hydroxyl groups excluding tert-OH is 1. The van der Waals surface area contributed by atoms with Crippen molar-refractivity contribution in [2.24, 2.45) is 5.92 Å². The van der Waals surface area contributed by atoms with Gasteiger partial charge in [-0.05, 0) is 5.56 Å². The third-order valence-corrected chi connectivity index (χ3v) is 3.72. The van der Waals surface area contributed by atoms with Crippen LogP contribution in [0.15, 0.2) is 60.7 Å². The van der Waals surface area contributed by atoms with Gasteiger partial charge >= 0.3 is 6.09 Å². The van der Waals surface area contributed by atoms with E-state index >= 15 is 0 Å². The second kappa shape index (κ2) is 8.84. The molecule has 5 heteroatoms. The smallest absolute Gasteiger partial charge is 0.407 e. The van der Waals surface area contributed by atoms with Gasteiger partial charge in [-0.25, -0.2) is 4.79 Å². The van der Waals surface area contributed by atoms with Crippen LogP contribution in [0.5, 0.6) is 0 Å². The predicted octanol–water partition coefficient (Wildman–Crippen LogP) is 2.79. The van der Waals surface area contributed by atoms with Gasteiger partial charge in [-0.2, -0.15) is 0 Å². The molecule has 0 radical (unpaired) electrons. The number of carbonyl (C=O) groups is 2. The normalized spacial score (nSPS) is 12.9. The van der Waals surface area contributed by atoms with Gasteiger partial charge in [0.25, 0.3) is 0 Å². The fourth-order valence-electron chi connectivity index (χ4n) is 2.18. The van der Waals surface area contributed by atoms with E-state index in [0.29, 0.717) is 5.56 Å². The van der Waals surface area contributed by atoms with Crippen molar-refractivity contribution in [3.8, 4) is 0 Å². The average molecular weight is 327 g/mol. The van der Waals surface area contributed by atoms with Crippen molar-refractivity contribution in [3.05, 3.63) is 71.8 Å². The molecule has 0 saturated heterocycles. The lowest BCUT2D eigenvalue weighted by atomic mass is 9.94. The fourth-order valence-corrected chi connectivity index (χ4v) is 2.18. The number of nitrogens with one attached hydrogen (secondary N) is 1. The lowest BCUT2D eigenvalue weighted by molar-refractivity contribution is 0.0696. The number of Topliss-reactive ketones (excluding diaryl/α,β-unsaturated/α-hetero) is 1. The number of ketones is 1. The summed E-state index contributed by atoms with van der Waals surface area (Å²) in [5.74, 6) is -0.788. The zero-order chi connectivity index (χ0) is 17.4. The predicted molar refractivity (Wildman–Crippen MR) is 90.6 cm³/mol. The number of rotatable bonds is 7. The third kappa shape index (κ3) is 5.21. The van der Waals surface area contributed by atoms with Crippen molar-refractivity contribution in [2.75, 3.05) is 6.54 Å². The lowest BCUT2D eigenvalue weighted by Crippen LogP contribution is -2.38. The van der Waals surface area contributed by atoms with Crippen molar-refractivity contribution in [2.45, 2.75) is 19.6 Å². The average Bonchev–Trinajstić information content (AvgIpc) is 2.64. The van der Waals surface area contributed by atoms with E-state index in [1.165, 1.54) is 0 Å². The molecule has 0 aliphatic heterocycles. The number of hydrogen-bond donors (Lipinski definition) is 2. The fraction of sp³-hybridized carbons (Fsp3) is 0.263. The van der Waals surface area contributed by atoms with Crippen LogP contribution in [0.25, 0.3) is 0 Å². The molecule has 0 fully saturated rings. The van der Waals surface area contributed by atoms with Gasteiger partial charge in [0.2, 0.25) is 0 Å². The van der Waals surface area contributed by atoms with Gasteiger partial charge in [-0.1, -0.05) is 67.6 Å². The maximum atomic E-state index is 12.2. The summed E-state index contributed by atoms with van der Waals surface area (Å²) in [6.45, 7) is 1.74. The SMILES string of the molecule is C[C@H](C(=O)c1ccccc1)[C@H](O)CNC(=O)OCc1ccccc1. The summed E-state index contributed by atoms with van der Waals surface area (Å²) in [4.78, 5) is 23.9.